The number of aromatic nitrogens is 2. The van der Waals surface area contributed by atoms with Gasteiger partial charge in [-0.1, -0.05) is 12.1 Å². The fraction of sp³-hybridized carbons (Fsp3) is 0.450. The molecular weight excluding hydrogens is 499 g/mol. The Balaban J connectivity index is 0.00000320. The summed E-state index contributed by atoms with van der Waals surface area (Å²) in [5.41, 5.74) is 7.18. The molecule has 0 aliphatic carbocycles. The van der Waals surface area contributed by atoms with Gasteiger partial charge in [-0.25, -0.2) is 4.99 Å². The Kier molecular flexibility index (Phi) is 9.37. The second-order valence-corrected chi connectivity index (χ2v) is 6.83. The van der Waals surface area contributed by atoms with Crippen LogP contribution in [0.1, 0.15) is 24.2 Å². The van der Waals surface area contributed by atoms with Crippen molar-refractivity contribution in [1.29, 1.82) is 0 Å². The zero-order chi connectivity index (χ0) is 20.6. The minimum absolute atomic E-state index is 0. The average molecular weight is 528 g/mol. The van der Waals surface area contributed by atoms with Gasteiger partial charge in [0.15, 0.2) is 12.6 Å². The summed E-state index contributed by atoms with van der Waals surface area (Å²) < 4.78 is 13.1. The molecule has 3 rings (SSSR count). The van der Waals surface area contributed by atoms with E-state index in [2.05, 4.69) is 15.3 Å². The molecule has 1 aromatic carbocycles. The number of halogens is 1. The van der Waals surface area contributed by atoms with Crippen LogP contribution >= 0.6 is 24.0 Å². The molecule has 0 saturated carbocycles. The molecule has 1 aliphatic heterocycles. The van der Waals surface area contributed by atoms with E-state index in [-0.39, 0.29) is 36.7 Å². The van der Waals surface area contributed by atoms with Gasteiger partial charge in [-0.05, 0) is 24.6 Å². The highest BCUT2D eigenvalue weighted by Crippen LogP contribution is 2.22. The van der Waals surface area contributed by atoms with Crippen LogP contribution in [0.25, 0.3) is 0 Å². The van der Waals surface area contributed by atoms with Gasteiger partial charge in [-0.3, -0.25) is 9.48 Å². The van der Waals surface area contributed by atoms with Crippen LogP contribution < -0.4 is 15.8 Å². The summed E-state index contributed by atoms with van der Waals surface area (Å²) in [7, 11) is 1.90. The van der Waals surface area contributed by atoms with Gasteiger partial charge in [-0.2, -0.15) is 5.10 Å². The molecule has 9 nitrogen and oxygen atoms in total. The molecule has 1 unspecified atom stereocenters. The van der Waals surface area contributed by atoms with Gasteiger partial charge in [0.05, 0.1) is 25.9 Å². The van der Waals surface area contributed by atoms with Crippen molar-refractivity contribution in [2.24, 2.45) is 17.8 Å². The van der Waals surface area contributed by atoms with E-state index < -0.39 is 5.91 Å². The quantitative estimate of drug-likeness (QED) is 0.320. The van der Waals surface area contributed by atoms with E-state index in [1.54, 1.807) is 10.7 Å². The summed E-state index contributed by atoms with van der Waals surface area (Å²) >= 11 is 0. The van der Waals surface area contributed by atoms with E-state index in [0.717, 1.165) is 30.2 Å². The zero-order valence-corrected chi connectivity index (χ0v) is 19.6. The number of aliphatic imine (C=N–C) groups is 1. The van der Waals surface area contributed by atoms with E-state index in [4.69, 9.17) is 20.2 Å². The van der Waals surface area contributed by atoms with E-state index in [1.165, 1.54) is 0 Å². The molecule has 0 bridgehead atoms. The van der Waals surface area contributed by atoms with Crippen molar-refractivity contribution in [3.63, 3.8) is 0 Å². The molecule has 3 N–H and O–H groups in total. The molecule has 1 saturated heterocycles. The van der Waals surface area contributed by atoms with Gasteiger partial charge in [0.2, 0.25) is 0 Å². The van der Waals surface area contributed by atoms with Crippen LogP contribution in [-0.2, 0) is 23.1 Å². The summed E-state index contributed by atoms with van der Waals surface area (Å²) in [4.78, 5) is 17.9. The van der Waals surface area contributed by atoms with Crippen molar-refractivity contribution < 1.29 is 14.3 Å². The number of nitrogens with one attached hydrogen (secondary N) is 1. The van der Waals surface area contributed by atoms with Crippen LogP contribution in [0.5, 0.6) is 5.75 Å². The summed E-state index contributed by atoms with van der Waals surface area (Å²) in [6.07, 6.45) is 3.79. The Morgan fingerprint density at radius 2 is 2.30 bits per heavy atom. The van der Waals surface area contributed by atoms with Gasteiger partial charge in [0, 0.05) is 31.9 Å². The lowest BCUT2D eigenvalue weighted by Gasteiger charge is -2.34. The van der Waals surface area contributed by atoms with Crippen LogP contribution in [-0.4, -0.2) is 59.4 Å². The lowest BCUT2D eigenvalue weighted by Crippen LogP contribution is -2.48. The highest BCUT2D eigenvalue weighted by Gasteiger charge is 2.25. The Bertz CT molecular complexity index is 857. The molecule has 1 fully saturated rings. The molecule has 2 heterocycles. The number of hydrogen-bond donors (Lipinski definition) is 2. The normalized spacial score (nSPS) is 16.7. The molecule has 1 atom stereocenters. The molecule has 1 aromatic heterocycles. The topological polar surface area (TPSA) is 107 Å². The minimum Gasteiger partial charge on any atom is -0.484 e. The fourth-order valence-electron chi connectivity index (χ4n) is 3.13. The highest BCUT2D eigenvalue weighted by atomic mass is 127. The van der Waals surface area contributed by atoms with Gasteiger partial charge in [0.1, 0.15) is 11.9 Å². The summed E-state index contributed by atoms with van der Waals surface area (Å²) in [5, 5.41) is 7.60. The number of amides is 1. The maximum absolute atomic E-state index is 10.9. The zero-order valence-electron chi connectivity index (χ0n) is 17.3. The summed E-state index contributed by atoms with van der Waals surface area (Å²) in [6.45, 7) is 5.27. The maximum Gasteiger partial charge on any atom is 0.255 e. The number of aryl methyl sites for hydroxylation is 1. The molecule has 2 aromatic rings. The van der Waals surface area contributed by atoms with Gasteiger partial charge >= 0.3 is 0 Å². The van der Waals surface area contributed by atoms with Gasteiger partial charge in [-0.15, -0.1) is 24.0 Å². The fourth-order valence-corrected chi connectivity index (χ4v) is 3.13. The third-order valence-corrected chi connectivity index (χ3v) is 4.49. The van der Waals surface area contributed by atoms with Crippen molar-refractivity contribution in [3.05, 3.63) is 47.8 Å². The Morgan fingerprint density at radius 1 is 1.47 bits per heavy atom. The maximum atomic E-state index is 10.9. The first-order valence-corrected chi connectivity index (χ1v) is 9.68. The molecule has 30 heavy (non-hydrogen) atoms. The van der Waals surface area contributed by atoms with E-state index in [9.17, 15) is 4.79 Å². The number of hydrogen-bond acceptors (Lipinski definition) is 5. The summed E-state index contributed by atoms with van der Waals surface area (Å²) in [6, 6.07) is 7.51. The number of carbonyl (C=O) groups is 1. The Morgan fingerprint density at radius 3 is 3.00 bits per heavy atom. The van der Waals surface area contributed by atoms with Crippen molar-refractivity contribution in [3.8, 4) is 5.75 Å². The van der Waals surface area contributed by atoms with Crippen LogP contribution in [0.3, 0.4) is 0 Å². The standard InChI is InChI=1S/C20H28N6O3.HI/c1-3-22-20(23-10-15-5-4-6-17(9-15)29-14-19(21)27)26-7-8-28-18(13-26)16-11-24-25(2)12-16;/h4-6,9,11-12,18H,3,7-8,10,13-14H2,1-2H3,(H2,21,27)(H,22,23);1H. The van der Waals surface area contributed by atoms with E-state index in [1.807, 2.05) is 44.6 Å². The molecular formula is C20H29IN6O3. The number of nitrogens with zero attached hydrogens (tertiary/aromatic N) is 4. The van der Waals surface area contributed by atoms with Crippen molar-refractivity contribution in [2.75, 3.05) is 32.8 Å². The molecule has 1 aliphatic rings. The van der Waals surface area contributed by atoms with E-state index >= 15 is 0 Å². The second kappa shape index (κ2) is 11.7. The minimum atomic E-state index is -0.502. The monoisotopic (exact) mass is 528 g/mol. The van der Waals surface area contributed by atoms with Gasteiger partial charge < -0.3 is 25.4 Å². The molecule has 164 valence electrons. The molecule has 1 amide bonds. The first-order valence-electron chi connectivity index (χ1n) is 9.68. The number of nitrogens with two attached hydrogens (primary N) is 1. The smallest absolute Gasteiger partial charge is 0.255 e. The average Bonchev–Trinajstić information content (AvgIpc) is 3.16. The van der Waals surface area contributed by atoms with Crippen LogP contribution in [0.15, 0.2) is 41.7 Å². The Labute approximate surface area is 193 Å². The van der Waals surface area contributed by atoms with Crippen LogP contribution in [0.2, 0.25) is 0 Å². The molecule has 0 radical (unpaired) electrons. The number of ether oxygens (including phenoxy) is 2. The number of primary amides is 1. The number of benzene rings is 1. The predicted octanol–water partition coefficient (Wildman–Crippen LogP) is 1.44. The largest absolute Gasteiger partial charge is 0.484 e. The highest BCUT2D eigenvalue weighted by molar-refractivity contribution is 14.0. The summed E-state index contributed by atoms with van der Waals surface area (Å²) in [5.74, 6) is 0.941. The predicted molar refractivity (Wildman–Crippen MR) is 125 cm³/mol. The lowest BCUT2D eigenvalue weighted by atomic mass is 10.1. The van der Waals surface area contributed by atoms with Gasteiger partial charge in [0.25, 0.3) is 5.91 Å². The molecule has 10 heteroatoms. The van der Waals surface area contributed by atoms with Crippen LogP contribution in [0, 0.1) is 0 Å². The van der Waals surface area contributed by atoms with Crippen molar-refractivity contribution in [2.45, 2.75) is 19.6 Å². The molecule has 0 spiro atoms. The second-order valence-electron chi connectivity index (χ2n) is 6.83. The number of carbonyl (C=O) groups excluding carboxylic acids is 1. The van der Waals surface area contributed by atoms with E-state index in [0.29, 0.717) is 25.4 Å². The third-order valence-electron chi connectivity index (χ3n) is 4.49. The number of rotatable bonds is 7. The van der Waals surface area contributed by atoms with Crippen molar-refractivity contribution in [1.82, 2.24) is 20.0 Å². The number of morpholine rings is 1. The Hall–Kier alpha value is -2.34. The first-order chi connectivity index (χ1) is 14.0. The van der Waals surface area contributed by atoms with Crippen LogP contribution in [0.4, 0.5) is 0 Å². The number of guanidine groups is 1. The lowest BCUT2D eigenvalue weighted by molar-refractivity contribution is -0.119. The SMILES string of the molecule is CCNC(=NCc1cccc(OCC(N)=O)c1)N1CCOC(c2cnn(C)c2)C1.I. The first kappa shape index (κ1) is 23.9. The van der Waals surface area contributed by atoms with Crippen molar-refractivity contribution >= 4 is 35.8 Å². The third kappa shape index (κ3) is 6.87.